The topological polar surface area (TPSA) is 84.9 Å². The number of thioether (sulfide) groups is 1. The highest BCUT2D eigenvalue weighted by Gasteiger charge is 2.34. The summed E-state index contributed by atoms with van der Waals surface area (Å²) in [6, 6.07) is 5.34. The van der Waals surface area contributed by atoms with Gasteiger partial charge in [0.2, 0.25) is 12.7 Å². The molecule has 8 heteroatoms. The van der Waals surface area contributed by atoms with Crippen molar-refractivity contribution in [2.45, 2.75) is 26.7 Å². The van der Waals surface area contributed by atoms with Crippen LogP contribution in [0.4, 0.5) is 4.79 Å². The molecular formula is C19H22N2O5S. The molecule has 1 atom stereocenters. The van der Waals surface area contributed by atoms with Crippen molar-refractivity contribution in [1.82, 2.24) is 10.2 Å². The number of nitrogens with one attached hydrogen (secondary N) is 1. The van der Waals surface area contributed by atoms with Gasteiger partial charge in [-0.25, -0.2) is 0 Å². The first kappa shape index (κ1) is 19.3. The van der Waals surface area contributed by atoms with E-state index in [0.717, 1.165) is 35.1 Å². The Balaban J connectivity index is 1.59. The summed E-state index contributed by atoms with van der Waals surface area (Å²) in [7, 11) is 0. The van der Waals surface area contributed by atoms with E-state index in [4.69, 9.17) is 9.47 Å². The first-order chi connectivity index (χ1) is 13.0. The second-order valence-electron chi connectivity index (χ2n) is 6.43. The van der Waals surface area contributed by atoms with E-state index in [2.05, 4.69) is 5.32 Å². The molecule has 7 nitrogen and oxygen atoms in total. The lowest BCUT2D eigenvalue weighted by Gasteiger charge is -2.15. The highest BCUT2D eigenvalue weighted by Crippen LogP contribution is 2.36. The lowest BCUT2D eigenvalue weighted by Crippen LogP contribution is -2.38. The van der Waals surface area contributed by atoms with Crippen molar-refractivity contribution < 1.29 is 23.9 Å². The monoisotopic (exact) mass is 390 g/mol. The van der Waals surface area contributed by atoms with Crippen molar-refractivity contribution in [2.24, 2.45) is 5.92 Å². The molecule has 27 heavy (non-hydrogen) atoms. The van der Waals surface area contributed by atoms with Crippen LogP contribution in [-0.2, 0) is 9.59 Å². The van der Waals surface area contributed by atoms with Crippen LogP contribution in [-0.4, -0.2) is 41.8 Å². The molecular weight excluding hydrogens is 368 g/mol. The summed E-state index contributed by atoms with van der Waals surface area (Å²) in [5, 5.41) is 2.45. The molecule has 1 N–H and O–H groups in total. The molecule has 0 saturated carbocycles. The molecule has 0 bridgehead atoms. The Bertz CT molecular complexity index is 792. The molecule has 1 aromatic rings. The van der Waals surface area contributed by atoms with Gasteiger partial charge in [0.05, 0.1) is 4.91 Å². The van der Waals surface area contributed by atoms with E-state index in [0.29, 0.717) is 16.4 Å². The standard InChI is InChI=1S/C19H22N2O5S/c1-3-4-12(2)17(22)20-7-8-21-18(23)16(27-19(21)24)10-13-5-6-14-15(9-13)26-11-25-14/h5-6,9-10,12H,3-4,7-8,11H2,1-2H3,(H,20,22)/b16-10+. The van der Waals surface area contributed by atoms with Crippen LogP contribution in [0.15, 0.2) is 23.1 Å². The average molecular weight is 390 g/mol. The Labute approximate surface area is 162 Å². The molecule has 0 aromatic heterocycles. The molecule has 2 aliphatic heterocycles. The van der Waals surface area contributed by atoms with Crippen molar-refractivity contribution in [2.75, 3.05) is 19.9 Å². The van der Waals surface area contributed by atoms with Gasteiger partial charge in [-0.05, 0) is 42.0 Å². The van der Waals surface area contributed by atoms with Gasteiger partial charge in [0.25, 0.3) is 11.1 Å². The molecule has 0 radical (unpaired) electrons. The minimum Gasteiger partial charge on any atom is -0.454 e. The summed E-state index contributed by atoms with van der Waals surface area (Å²) in [6.45, 7) is 4.48. The van der Waals surface area contributed by atoms with E-state index in [1.165, 1.54) is 0 Å². The molecule has 1 fully saturated rings. The number of hydrogen-bond acceptors (Lipinski definition) is 6. The maximum atomic E-state index is 12.5. The maximum Gasteiger partial charge on any atom is 0.293 e. The molecule has 3 rings (SSSR count). The predicted molar refractivity (Wildman–Crippen MR) is 102 cm³/mol. The molecule has 144 valence electrons. The Kier molecular flexibility index (Phi) is 6.05. The maximum absolute atomic E-state index is 12.5. The van der Waals surface area contributed by atoms with Crippen LogP contribution in [0, 0.1) is 5.92 Å². The minimum atomic E-state index is -0.349. The van der Waals surface area contributed by atoms with Crippen LogP contribution in [0.25, 0.3) is 6.08 Å². The number of hydrogen-bond donors (Lipinski definition) is 1. The Hall–Kier alpha value is -2.48. The third-order valence-corrected chi connectivity index (χ3v) is 5.28. The van der Waals surface area contributed by atoms with Crippen LogP contribution < -0.4 is 14.8 Å². The normalized spacial score (nSPS) is 18.3. The zero-order valence-corrected chi connectivity index (χ0v) is 16.1. The number of imide groups is 1. The third kappa shape index (κ3) is 4.44. The first-order valence-electron chi connectivity index (χ1n) is 8.92. The predicted octanol–water partition coefficient (Wildman–Crippen LogP) is 3.00. The minimum absolute atomic E-state index is 0.0558. The molecule has 2 aliphatic rings. The summed E-state index contributed by atoms with van der Waals surface area (Å²) in [5.41, 5.74) is 0.756. The van der Waals surface area contributed by atoms with E-state index in [1.807, 2.05) is 13.8 Å². The lowest BCUT2D eigenvalue weighted by atomic mass is 10.1. The zero-order valence-electron chi connectivity index (χ0n) is 15.3. The van der Waals surface area contributed by atoms with E-state index in [1.54, 1.807) is 24.3 Å². The summed E-state index contributed by atoms with van der Waals surface area (Å²) >= 11 is 0.897. The number of fused-ring (bicyclic) bond motifs is 1. The number of nitrogens with zero attached hydrogens (tertiary/aromatic N) is 1. The lowest BCUT2D eigenvalue weighted by molar-refractivity contribution is -0.126. The van der Waals surface area contributed by atoms with Gasteiger partial charge in [0.15, 0.2) is 11.5 Å². The van der Waals surface area contributed by atoms with Crippen LogP contribution in [0.5, 0.6) is 11.5 Å². The number of amides is 3. The van der Waals surface area contributed by atoms with Gasteiger partial charge in [-0.15, -0.1) is 0 Å². The van der Waals surface area contributed by atoms with Gasteiger partial charge >= 0.3 is 0 Å². The summed E-state index contributed by atoms with van der Waals surface area (Å²) in [5.74, 6) is 0.800. The largest absolute Gasteiger partial charge is 0.454 e. The Morgan fingerprint density at radius 2 is 2.11 bits per heavy atom. The number of carbonyl (C=O) groups is 3. The van der Waals surface area contributed by atoms with Crippen molar-refractivity contribution >= 4 is 34.9 Å². The van der Waals surface area contributed by atoms with Gasteiger partial charge < -0.3 is 14.8 Å². The number of rotatable bonds is 7. The zero-order chi connectivity index (χ0) is 19.4. The van der Waals surface area contributed by atoms with Gasteiger partial charge in [-0.1, -0.05) is 26.3 Å². The third-order valence-electron chi connectivity index (χ3n) is 4.37. The fourth-order valence-corrected chi connectivity index (χ4v) is 3.74. The van der Waals surface area contributed by atoms with E-state index >= 15 is 0 Å². The van der Waals surface area contributed by atoms with E-state index < -0.39 is 0 Å². The SMILES string of the molecule is CCCC(C)C(=O)NCCN1C(=O)S/C(=C/c2ccc3c(c2)OCO3)C1=O. The second-order valence-corrected chi connectivity index (χ2v) is 7.42. The fraction of sp³-hybridized carbons (Fsp3) is 0.421. The highest BCUT2D eigenvalue weighted by atomic mass is 32.2. The van der Waals surface area contributed by atoms with Crippen LogP contribution in [0.3, 0.4) is 0 Å². The number of benzene rings is 1. The Morgan fingerprint density at radius 1 is 1.33 bits per heavy atom. The molecule has 0 aliphatic carbocycles. The average Bonchev–Trinajstić information content (AvgIpc) is 3.21. The van der Waals surface area contributed by atoms with Crippen LogP contribution in [0.1, 0.15) is 32.3 Å². The first-order valence-corrected chi connectivity index (χ1v) is 9.74. The van der Waals surface area contributed by atoms with Gasteiger partial charge in [-0.3, -0.25) is 19.3 Å². The summed E-state index contributed by atoms with van der Waals surface area (Å²) < 4.78 is 10.6. The molecule has 3 amide bonds. The summed E-state index contributed by atoms with van der Waals surface area (Å²) in [6.07, 6.45) is 3.41. The quantitative estimate of drug-likeness (QED) is 0.721. The van der Waals surface area contributed by atoms with Gasteiger partial charge in [-0.2, -0.15) is 0 Å². The Morgan fingerprint density at radius 3 is 2.89 bits per heavy atom. The summed E-state index contributed by atoms with van der Waals surface area (Å²) in [4.78, 5) is 38.1. The van der Waals surface area contributed by atoms with Crippen molar-refractivity contribution in [3.05, 3.63) is 28.7 Å². The second kappa shape index (κ2) is 8.47. The van der Waals surface area contributed by atoms with Crippen molar-refractivity contribution in [3.63, 3.8) is 0 Å². The molecule has 1 unspecified atom stereocenters. The number of ether oxygens (including phenoxy) is 2. The van der Waals surface area contributed by atoms with Crippen molar-refractivity contribution in [3.8, 4) is 11.5 Å². The van der Waals surface area contributed by atoms with Gasteiger partial charge in [0.1, 0.15) is 0 Å². The van der Waals surface area contributed by atoms with Crippen LogP contribution in [0.2, 0.25) is 0 Å². The number of carbonyl (C=O) groups excluding carboxylic acids is 3. The fourth-order valence-electron chi connectivity index (χ4n) is 2.88. The van der Waals surface area contributed by atoms with Gasteiger partial charge in [0, 0.05) is 19.0 Å². The highest BCUT2D eigenvalue weighted by molar-refractivity contribution is 8.18. The smallest absolute Gasteiger partial charge is 0.293 e. The molecule has 2 heterocycles. The van der Waals surface area contributed by atoms with E-state index in [9.17, 15) is 14.4 Å². The molecule has 1 saturated heterocycles. The van der Waals surface area contributed by atoms with Crippen molar-refractivity contribution in [1.29, 1.82) is 0 Å². The molecule has 0 spiro atoms. The van der Waals surface area contributed by atoms with E-state index in [-0.39, 0.29) is 42.9 Å². The van der Waals surface area contributed by atoms with Crippen LogP contribution >= 0.6 is 11.8 Å². The molecule has 1 aromatic carbocycles.